The summed E-state index contributed by atoms with van der Waals surface area (Å²) >= 11 is 1.87. The number of fused-ring (bicyclic) bond motifs is 9. The fourth-order valence-electron chi connectivity index (χ4n) is 8.54. The van der Waals surface area contributed by atoms with Gasteiger partial charge < -0.3 is 9.13 Å². The molecule has 0 aliphatic rings. The predicted molar refractivity (Wildman–Crippen MR) is 238 cm³/mol. The average Bonchev–Trinajstić information content (AvgIpc) is 3.93. The van der Waals surface area contributed by atoms with Crippen molar-refractivity contribution in [1.82, 2.24) is 24.1 Å². The first kappa shape index (κ1) is 31.9. The van der Waals surface area contributed by atoms with E-state index in [1.165, 1.54) is 52.8 Å². The Kier molecular flexibility index (Phi) is 7.03. The maximum absolute atomic E-state index is 4.97. The quantitative estimate of drug-likeness (QED) is 0.176. The van der Waals surface area contributed by atoms with E-state index >= 15 is 0 Å². The molecule has 5 nitrogen and oxygen atoms in total. The molecule has 0 spiro atoms. The number of rotatable bonds is 5. The average molecular weight is 746 g/mol. The zero-order valence-corrected chi connectivity index (χ0v) is 31.4. The molecule has 0 aliphatic heterocycles. The molecule has 0 N–H and O–H groups in total. The van der Waals surface area contributed by atoms with Gasteiger partial charge in [-0.15, -0.1) is 11.3 Å². The SMILES string of the molecule is c1ccc(-c2nc(-c3ccccc3)nc(-c3ccc(-n4c5ccccc5c5cc(-n6c7ccccc7c7cc8sc9ccccc9c8cc76)ccc54)cc3)n2)cc1. The minimum atomic E-state index is 0.639. The molecule has 8 aromatic carbocycles. The number of para-hydroxylation sites is 2. The summed E-state index contributed by atoms with van der Waals surface area (Å²) in [6.45, 7) is 0. The zero-order chi connectivity index (χ0) is 37.5. The molecular formula is C51H31N5S. The van der Waals surface area contributed by atoms with Crippen LogP contribution in [0.1, 0.15) is 0 Å². The number of benzene rings is 8. The highest BCUT2D eigenvalue weighted by atomic mass is 32.1. The van der Waals surface area contributed by atoms with Crippen molar-refractivity contribution in [2.24, 2.45) is 0 Å². The van der Waals surface area contributed by atoms with Gasteiger partial charge in [0.2, 0.25) is 0 Å². The van der Waals surface area contributed by atoms with Crippen LogP contribution in [-0.4, -0.2) is 24.1 Å². The number of hydrogen-bond donors (Lipinski definition) is 0. The topological polar surface area (TPSA) is 48.5 Å². The Labute approximate surface area is 331 Å². The fraction of sp³-hybridized carbons (Fsp3) is 0. The lowest BCUT2D eigenvalue weighted by Gasteiger charge is -2.11. The maximum Gasteiger partial charge on any atom is 0.164 e. The smallest absolute Gasteiger partial charge is 0.164 e. The normalized spacial score (nSPS) is 11.9. The van der Waals surface area contributed by atoms with Gasteiger partial charge in [0.25, 0.3) is 0 Å². The monoisotopic (exact) mass is 745 g/mol. The molecule has 0 amide bonds. The van der Waals surface area contributed by atoms with Crippen LogP contribution in [0.25, 0.3) is 109 Å². The van der Waals surface area contributed by atoms with Crippen molar-refractivity contribution in [2.45, 2.75) is 0 Å². The van der Waals surface area contributed by atoms with Gasteiger partial charge in [0.05, 0.1) is 22.1 Å². The van der Waals surface area contributed by atoms with Crippen LogP contribution in [0.4, 0.5) is 0 Å². The van der Waals surface area contributed by atoms with Gasteiger partial charge in [0.1, 0.15) is 0 Å². The van der Waals surface area contributed by atoms with Gasteiger partial charge in [-0.05, 0) is 72.8 Å². The Balaban J connectivity index is 1.01. The summed E-state index contributed by atoms with van der Waals surface area (Å²) in [7, 11) is 0. The summed E-state index contributed by atoms with van der Waals surface area (Å²) < 4.78 is 7.45. The molecule has 0 aliphatic carbocycles. The van der Waals surface area contributed by atoms with Crippen molar-refractivity contribution in [1.29, 1.82) is 0 Å². The molecule has 0 saturated heterocycles. The van der Waals surface area contributed by atoms with Crippen LogP contribution in [-0.2, 0) is 0 Å². The number of thiophene rings is 1. The molecular weight excluding hydrogens is 715 g/mol. The molecule has 0 saturated carbocycles. The minimum absolute atomic E-state index is 0.639. The molecule has 4 aromatic heterocycles. The molecule has 0 atom stereocenters. The van der Waals surface area contributed by atoms with Crippen molar-refractivity contribution in [3.8, 4) is 45.5 Å². The van der Waals surface area contributed by atoms with Crippen LogP contribution in [0.15, 0.2) is 188 Å². The molecule has 0 radical (unpaired) electrons. The van der Waals surface area contributed by atoms with E-state index < -0.39 is 0 Å². The summed E-state index contributed by atoms with van der Waals surface area (Å²) in [5.74, 6) is 1.94. The Morgan fingerprint density at radius 2 is 0.772 bits per heavy atom. The largest absolute Gasteiger partial charge is 0.309 e. The van der Waals surface area contributed by atoms with Crippen LogP contribution >= 0.6 is 11.3 Å². The first-order valence-electron chi connectivity index (χ1n) is 19.1. The van der Waals surface area contributed by atoms with Crippen LogP contribution in [0.3, 0.4) is 0 Å². The lowest BCUT2D eigenvalue weighted by atomic mass is 10.1. The zero-order valence-electron chi connectivity index (χ0n) is 30.5. The maximum atomic E-state index is 4.97. The lowest BCUT2D eigenvalue weighted by molar-refractivity contribution is 1.07. The molecule has 0 unspecified atom stereocenters. The molecule has 12 rings (SSSR count). The van der Waals surface area contributed by atoms with E-state index in [0.29, 0.717) is 17.5 Å². The molecule has 0 fully saturated rings. The van der Waals surface area contributed by atoms with Crippen molar-refractivity contribution in [3.63, 3.8) is 0 Å². The fourth-order valence-corrected chi connectivity index (χ4v) is 9.67. The predicted octanol–water partition coefficient (Wildman–Crippen LogP) is 13.4. The van der Waals surface area contributed by atoms with Gasteiger partial charge in [-0.25, -0.2) is 15.0 Å². The van der Waals surface area contributed by atoms with Crippen molar-refractivity contribution in [2.75, 3.05) is 0 Å². The van der Waals surface area contributed by atoms with Gasteiger partial charge >= 0.3 is 0 Å². The van der Waals surface area contributed by atoms with Crippen molar-refractivity contribution < 1.29 is 0 Å². The van der Waals surface area contributed by atoms with E-state index in [0.717, 1.165) is 39.1 Å². The first-order valence-corrected chi connectivity index (χ1v) is 19.9. The van der Waals surface area contributed by atoms with Gasteiger partial charge in [-0.1, -0.05) is 115 Å². The summed E-state index contributed by atoms with van der Waals surface area (Å²) in [4.78, 5) is 14.8. The third kappa shape index (κ3) is 5.04. The number of aromatic nitrogens is 5. The van der Waals surface area contributed by atoms with E-state index in [1.807, 2.05) is 72.0 Å². The highest BCUT2D eigenvalue weighted by molar-refractivity contribution is 7.25. The van der Waals surface area contributed by atoms with E-state index in [2.05, 4.69) is 137 Å². The molecule has 0 bridgehead atoms. The Morgan fingerprint density at radius 3 is 1.40 bits per heavy atom. The van der Waals surface area contributed by atoms with Gasteiger partial charge in [0, 0.05) is 69.8 Å². The molecule has 12 aromatic rings. The summed E-state index contributed by atoms with van der Waals surface area (Å²) in [5, 5.41) is 7.57. The van der Waals surface area contributed by atoms with Crippen LogP contribution < -0.4 is 0 Å². The molecule has 266 valence electrons. The number of nitrogens with zero attached hydrogens (tertiary/aromatic N) is 5. The van der Waals surface area contributed by atoms with E-state index in [-0.39, 0.29) is 0 Å². The second-order valence-electron chi connectivity index (χ2n) is 14.5. The second kappa shape index (κ2) is 12.6. The Bertz CT molecular complexity index is 3450. The standard InChI is InChI=1S/C51H31N5S/c1-3-13-32(14-4-1)49-52-50(33-15-5-2-6-16-33)54-51(53-49)34-23-25-35(26-24-34)55-43-20-10-7-17-37(43)40-29-36(27-28-45(40)55)56-44-21-11-8-18-38(44)41-31-48-42(30-46(41)56)39-19-9-12-22-47(39)57-48/h1-31H. The summed E-state index contributed by atoms with van der Waals surface area (Å²) in [5.41, 5.74) is 9.78. The third-order valence-electron chi connectivity index (χ3n) is 11.2. The number of hydrogen-bond acceptors (Lipinski definition) is 4. The van der Waals surface area contributed by atoms with Crippen LogP contribution in [0.5, 0.6) is 0 Å². The second-order valence-corrected chi connectivity index (χ2v) is 15.5. The van der Waals surface area contributed by atoms with E-state index in [4.69, 9.17) is 15.0 Å². The van der Waals surface area contributed by atoms with E-state index in [1.54, 1.807) is 0 Å². The Morgan fingerprint density at radius 1 is 0.298 bits per heavy atom. The lowest BCUT2D eigenvalue weighted by Crippen LogP contribution is -2.00. The van der Waals surface area contributed by atoms with Gasteiger partial charge in [0.15, 0.2) is 17.5 Å². The van der Waals surface area contributed by atoms with E-state index in [9.17, 15) is 0 Å². The minimum Gasteiger partial charge on any atom is -0.309 e. The van der Waals surface area contributed by atoms with Crippen LogP contribution in [0.2, 0.25) is 0 Å². The summed E-state index contributed by atoms with van der Waals surface area (Å²) in [6, 6.07) is 66.7. The van der Waals surface area contributed by atoms with Gasteiger partial charge in [-0.3, -0.25) is 0 Å². The first-order chi connectivity index (χ1) is 28.2. The third-order valence-corrected chi connectivity index (χ3v) is 12.3. The van der Waals surface area contributed by atoms with Crippen molar-refractivity contribution >= 4 is 75.1 Å². The highest BCUT2D eigenvalue weighted by Crippen LogP contribution is 2.42. The van der Waals surface area contributed by atoms with Gasteiger partial charge in [-0.2, -0.15) is 0 Å². The Hall–Kier alpha value is -7.41. The molecule has 4 heterocycles. The van der Waals surface area contributed by atoms with Crippen LogP contribution in [0, 0.1) is 0 Å². The highest BCUT2D eigenvalue weighted by Gasteiger charge is 2.19. The summed E-state index contributed by atoms with van der Waals surface area (Å²) in [6.07, 6.45) is 0. The molecule has 57 heavy (non-hydrogen) atoms. The van der Waals surface area contributed by atoms with Crippen molar-refractivity contribution in [3.05, 3.63) is 188 Å². The molecule has 6 heteroatoms.